The van der Waals surface area contributed by atoms with Crippen LogP contribution < -0.4 is 10.2 Å². The molecule has 1 aromatic heterocycles. The summed E-state index contributed by atoms with van der Waals surface area (Å²) in [6.45, 7) is 6.21. The highest BCUT2D eigenvalue weighted by Gasteiger charge is 2.26. The molecular formula is C17H22N4O2. The van der Waals surface area contributed by atoms with Crippen molar-refractivity contribution >= 4 is 17.5 Å². The van der Waals surface area contributed by atoms with E-state index in [0.717, 1.165) is 25.3 Å². The average Bonchev–Trinajstić information content (AvgIpc) is 2.87. The van der Waals surface area contributed by atoms with Gasteiger partial charge in [0.05, 0.1) is 11.7 Å². The maximum Gasteiger partial charge on any atom is 0.243 e. The summed E-state index contributed by atoms with van der Waals surface area (Å²) in [5, 5.41) is 6.58. The molecule has 0 unspecified atom stereocenters. The van der Waals surface area contributed by atoms with Crippen LogP contribution in [0.5, 0.6) is 0 Å². The van der Waals surface area contributed by atoms with Crippen molar-refractivity contribution in [2.45, 2.75) is 26.4 Å². The number of carbonyl (C=O) groups is 1. The molecule has 0 spiro atoms. The molecule has 1 N–H and O–H groups in total. The Hall–Kier alpha value is -2.34. The Kier molecular flexibility index (Phi) is 4.34. The summed E-state index contributed by atoms with van der Waals surface area (Å²) in [4.78, 5) is 16.9. The van der Waals surface area contributed by atoms with E-state index in [2.05, 4.69) is 39.5 Å². The summed E-state index contributed by atoms with van der Waals surface area (Å²) in [6, 6.07) is 9.80. The van der Waals surface area contributed by atoms with Crippen LogP contribution in [0.25, 0.3) is 0 Å². The molecule has 2 heterocycles. The summed E-state index contributed by atoms with van der Waals surface area (Å²) in [6.07, 6.45) is 0. The number of anilines is 2. The van der Waals surface area contributed by atoms with Gasteiger partial charge in [0, 0.05) is 38.4 Å². The summed E-state index contributed by atoms with van der Waals surface area (Å²) in [5.74, 6) is 0.315. The van der Waals surface area contributed by atoms with Crippen molar-refractivity contribution in [3.8, 4) is 0 Å². The van der Waals surface area contributed by atoms with Crippen molar-refractivity contribution in [3.05, 3.63) is 41.6 Å². The van der Waals surface area contributed by atoms with Gasteiger partial charge < -0.3 is 9.42 Å². The molecule has 0 radical (unpaired) electrons. The molecule has 0 fully saturated rings. The zero-order valence-corrected chi connectivity index (χ0v) is 13.7. The van der Waals surface area contributed by atoms with Gasteiger partial charge in [0.15, 0.2) is 0 Å². The van der Waals surface area contributed by atoms with Crippen molar-refractivity contribution in [2.75, 3.05) is 30.4 Å². The Morgan fingerprint density at radius 2 is 2.13 bits per heavy atom. The molecule has 0 saturated carbocycles. The van der Waals surface area contributed by atoms with Gasteiger partial charge in [0.2, 0.25) is 11.8 Å². The van der Waals surface area contributed by atoms with E-state index < -0.39 is 0 Å². The van der Waals surface area contributed by atoms with Crippen LogP contribution in [-0.2, 0) is 11.3 Å². The molecular weight excluding hydrogens is 292 g/mol. The van der Waals surface area contributed by atoms with Gasteiger partial charge in [-0.15, -0.1) is 0 Å². The number of benzene rings is 1. The van der Waals surface area contributed by atoms with Crippen LogP contribution in [0.3, 0.4) is 0 Å². The number of amides is 1. The minimum absolute atomic E-state index is 0.0804. The molecule has 1 aromatic carbocycles. The van der Waals surface area contributed by atoms with Gasteiger partial charge in [0.25, 0.3) is 0 Å². The standard InChI is InChI=1S/C17H22N4O2/c1-12-10-16(23-19-12)18-17(22)13(2)21-9-8-20(3)15-7-5-4-6-14(15)11-21/h4-7,10,13H,8-9,11H2,1-3H3,(H,18,22)/t13-/m1/s1. The van der Waals surface area contributed by atoms with Crippen LogP contribution in [0.4, 0.5) is 11.6 Å². The number of nitrogens with zero attached hydrogens (tertiary/aromatic N) is 3. The summed E-state index contributed by atoms with van der Waals surface area (Å²) in [7, 11) is 2.09. The Balaban J connectivity index is 1.72. The molecule has 1 aliphatic rings. The van der Waals surface area contributed by atoms with Gasteiger partial charge in [-0.3, -0.25) is 15.0 Å². The second-order valence-electron chi connectivity index (χ2n) is 6.02. The zero-order chi connectivity index (χ0) is 16.4. The predicted molar refractivity (Wildman–Crippen MR) is 89.5 cm³/mol. The number of nitrogens with one attached hydrogen (secondary N) is 1. The lowest BCUT2D eigenvalue weighted by Crippen LogP contribution is -2.43. The molecule has 2 aromatic rings. The largest absolute Gasteiger partial charge is 0.373 e. The maximum absolute atomic E-state index is 12.5. The van der Waals surface area contributed by atoms with E-state index in [-0.39, 0.29) is 11.9 Å². The SMILES string of the molecule is Cc1cc(NC(=O)[C@@H](C)N2CCN(C)c3ccccc3C2)on1. The van der Waals surface area contributed by atoms with E-state index in [0.29, 0.717) is 5.88 Å². The minimum Gasteiger partial charge on any atom is -0.373 e. The highest BCUT2D eigenvalue weighted by Crippen LogP contribution is 2.24. The summed E-state index contributed by atoms with van der Waals surface area (Å²) < 4.78 is 5.06. The molecule has 1 atom stereocenters. The maximum atomic E-state index is 12.5. The molecule has 6 heteroatoms. The summed E-state index contributed by atoms with van der Waals surface area (Å²) >= 11 is 0. The average molecular weight is 314 g/mol. The van der Waals surface area contributed by atoms with Crippen LogP contribution >= 0.6 is 0 Å². The molecule has 0 aliphatic carbocycles. The second kappa shape index (κ2) is 6.42. The smallest absolute Gasteiger partial charge is 0.243 e. The number of likely N-dealkylation sites (N-methyl/N-ethyl adjacent to an activating group) is 1. The number of aryl methyl sites for hydroxylation is 1. The quantitative estimate of drug-likeness (QED) is 0.941. The monoisotopic (exact) mass is 314 g/mol. The van der Waals surface area contributed by atoms with Gasteiger partial charge in [-0.2, -0.15) is 0 Å². The number of hydrogen-bond acceptors (Lipinski definition) is 5. The number of para-hydroxylation sites is 1. The van der Waals surface area contributed by atoms with E-state index in [9.17, 15) is 4.79 Å². The van der Waals surface area contributed by atoms with Gasteiger partial charge >= 0.3 is 0 Å². The Morgan fingerprint density at radius 3 is 2.87 bits per heavy atom. The van der Waals surface area contributed by atoms with Crippen molar-refractivity contribution in [2.24, 2.45) is 0 Å². The Bertz CT molecular complexity index is 697. The minimum atomic E-state index is -0.250. The van der Waals surface area contributed by atoms with Crippen molar-refractivity contribution in [1.82, 2.24) is 10.1 Å². The van der Waals surface area contributed by atoms with E-state index in [4.69, 9.17) is 4.52 Å². The number of hydrogen-bond donors (Lipinski definition) is 1. The fourth-order valence-electron chi connectivity index (χ4n) is 2.86. The van der Waals surface area contributed by atoms with Crippen LogP contribution in [0.15, 0.2) is 34.9 Å². The molecule has 6 nitrogen and oxygen atoms in total. The van der Waals surface area contributed by atoms with Gasteiger partial charge in [-0.25, -0.2) is 0 Å². The molecule has 3 rings (SSSR count). The van der Waals surface area contributed by atoms with Crippen molar-refractivity contribution in [1.29, 1.82) is 0 Å². The van der Waals surface area contributed by atoms with Crippen molar-refractivity contribution < 1.29 is 9.32 Å². The fraction of sp³-hybridized carbons (Fsp3) is 0.412. The first-order chi connectivity index (χ1) is 11.0. The Morgan fingerprint density at radius 1 is 1.35 bits per heavy atom. The first-order valence-electron chi connectivity index (χ1n) is 7.82. The molecule has 122 valence electrons. The lowest BCUT2D eigenvalue weighted by atomic mass is 10.1. The lowest BCUT2D eigenvalue weighted by Gasteiger charge is -2.26. The fourth-order valence-corrected chi connectivity index (χ4v) is 2.86. The molecule has 0 saturated heterocycles. The predicted octanol–water partition coefficient (Wildman–Crippen LogP) is 2.26. The van der Waals surface area contributed by atoms with E-state index in [1.165, 1.54) is 11.3 Å². The highest BCUT2D eigenvalue weighted by atomic mass is 16.5. The van der Waals surface area contributed by atoms with E-state index >= 15 is 0 Å². The molecule has 1 amide bonds. The van der Waals surface area contributed by atoms with Crippen molar-refractivity contribution in [3.63, 3.8) is 0 Å². The van der Waals surface area contributed by atoms with E-state index in [1.54, 1.807) is 6.07 Å². The topological polar surface area (TPSA) is 61.6 Å². The third-order valence-corrected chi connectivity index (χ3v) is 4.30. The van der Waals surface area contributed by atoms with E-state index in [1.807, 2.05) is 26.0 Å². The number of carbonyl (C=O) groups excluding carboxylic acids is 1. The van der Waals surface area contributed by atoms with Gasteiger partial charge in [0.1, 0.15) is 0 Å². The molecule has 23 heavy (non-hydrogen) atoms. The zero-order valence-electron chi connectivity index (χ0n) is 13.7. The first kappa shape index (κ1) is 15.6. The summed E-state index contributed by atoms with van der Waals surface area (Å²) in [5.41, 5.74) is 3.22. The molecule has 1 aliphatic heterocycles. The third-order valence-electron chi connectivity index (χ3n) is 4.30. The highest BCUT2D eigenvalue weighted by molar-refractivity contribution is 5.93. The number of rotatable bonds is 3. The number of aromatic nitrogens is 1. The first-order valence-corrected chi connectivity index (χ1v) is 7.82. The van der Waals surface area contributed by atoms with Crippen LogP contribution in [0.1, 0.15) is 18.2 Å². The van der Waals surface area contributed by atoms with Crippen LogP contribution in [0.2, 0.25) is 0 Å². The third kappa shape index (κ3) is 3.37. The lowest BCUT2D eigenvalue weighted by molar-refractivity contribution is -0.121. The normalized spacial score (nSPS) is 16.6. The Labute approximate surface area is 136 Å². The van der Waals surface area contributed by atoms with Crippen LogP contribution in [0, 0.1) is 6.92 Å². The second-order valence-corrected chi connectivity index (χ2v) is 6.02. The number of fused-ring (bicyclic) bond motifs is 1. The van der Waals surface area contributed by atoms with Crippen LogP contribution in [-0.4, -0.2) is 42.1 Å². The van der Waals surface area contributed by atoms with Gasteiger partial charge in [-0.1, -0.05) is 23.4 Å². The van der Waals surface area contributed by atoms with Gasteiger partial charge in [-0.05, 0) is 25.5 Å². The molecule has 0 bridgehead atoms.